The van der Waals surface area contributed by atoms with E-state index in [2.05, 4.69) is 20.5 Å². The molecule has 2 aromatic rings. The van der Waals surface area contributed by atoms with Gasteiger partial charge in [-0.1, -0.05) is 5.16 Å². The van der Waals surface area contributed by atoms with E-state index in [4.69, 9.17) is 4.52 Å². The Labute approximate surface area is 162 Å². The van der Waals surface area contributed by atoms with E-state index in [0.29, 0.717) is 24.2 Å². The molecule has 0 spiro atoms. The van der Waals surface area contributed by atoms with Crippen LogP contribution in [0.5, 0.6) is 0 Å². The Hall–Kier alpha value is -3.10. The normalized spacial score (nSPS) is 17.4. The number of alkyl carbamates (subject to hydrolysis) is 1. The van der Waals surface area contributed by atoms with Gasteiger partial charge in [-0.15, -0.1) is 0 Å². The minimum Gasteiger partial charge on any atom is -0.453 e. The van der Waals surface area contributed by atoms with Gasteiger partial charge in [-0.2, -0.15) is 0 Å². The molecule has 9 nitrogen and oxygen atoms in total. The highest BCUT2D eigenvalue weighted by atomic mass is 16.5. The summed E-state index contributed by atoms with van der Waals surface area (Å²) >= 11 is 0. The third kappa shape index (κ3) is 4.08. The topological polar surface area (TPSA) is 114 Å². The monoisotopic (exact) mass is 388 g/mol. The van der Waals surface area contributed by atoms with Crippen molar-refractivity contribution in [2.45, 2.75) is 38.8 Å². The summed E-state index contributed by atoms with van der Waals surface area (Å²) in [5, 5.41) is 10.1. The molecule has 0 radical (unpaired) electrons. The van der Waals surface area contributed by atoms with Crippen LogP contribution in [0, 0.1) is 6.92 Å². The summed E-state index contributed by atoms with van der Waals surface area (Å²) in [6, 6.07) is 4.38. The van der Waals surface area contributed by atoms with E-state index in [1.54, 1.807) is 24.0 Å². The van der Waals surface area contributed by atoms with Crippen LogP contribution in [-0.2, 0) is 9.53 Å². The number of nitrogens with one attached hydrogen (secondary N) is 2. The second-order valence-corrected chi connectivity index (χ2v) is 6.87. The summed E-state index contributed by atoms with van der Waals surface area (Å²) in [6.45, 7) is 4.38. The van der Waals surface area contributed by atoms with E-state index >= 15 is 0 Å². The standard InChI is InChI=1S/C19H24N4O5/c1-11-15-7-6-13(9-16(15)28-22-11)17(24)20-10-14-5-4-8-23(14)18(25)12(2)21-19(26)27-3/h6-7,9,12,14H,4-5,8,10H2,1-3H3,(H,20,24)(H,21,26)/t12-,14-/m0/s1. The van der Waals surface area contributed by atoms with E-state index in [1.807, 2.05) is 13.0 Å². The van der Waals surface area contributed by atoms with Crippen molar-refractivity contribution < 1.29 is 23.6 Å². The molecule has 2 heterocycles. The number of fused-ring (bicyclic) bond motifs is 1. The molecule has 0 saturated carbocycles. The molecule has 3 amide bonds. The number of benzene rings is 1. The first-order valence-electron chi connectivity index (χ1n) is 9.20. The van der Waals surface area contributed by atoms with Gasteiger partial charge in [0.1, 0.15) is 6.04 Å². The van der Waals surface area contributed by atoms with Gasteiger partial charge in [-0.25, -0.2) is 4.79 Å². The van der Waals surface area contributed by atoms with Crippen LogP contribution in [0.25, 0.3) is 11.0 Å². The molecule has 9 heteroatoms. The summed E-state index contributed by atoms with van der Waals surface area (Å²) in [5.41, 5.74) is 1.81. The molecule has 150 valence electrons. The van der Waals surface area contributed by atoms with E-state index < -0.39 is 12.1 Å². The van der Waals surface area contributed by atoms with Crippen LogP contribution < -0.4 is 10.6 Å². The first-order valence-corrected chi connectivity index (χ1v) is 9.20. The summed E-state index contributed by atoms with van der Waals surface area (Å²) in [6.07, 6.45) is 0.987. The minimum absolute atomic E-state index is 0.116. The van der Waals surface area contributed by atoms with Crippen LogP contribution in [0.4, 0.5) is 4.79 Å². The highest BCUT2D eigenvalue weighted by Crippen LogP contribution is 2.20. The number of hydrogen-bond donors (Lipinski definition) is 2. The summed E-state index contributed by atoms with van der Waals surface area (Å²) in [5.74, 6) is -0.434. The fraction of sp³-hybridized carbons (Fsp3) is 0.474. The second kappa shape index (κ2) is 8.28. The van der Waals surface area contributed by atoms with Crippen LogP contribution in [0.15, 0.2) is 22.7 Å². The number of amides is 3. The molecule has 1 aliphatic rings. The number of likely N-dealkylation sites (tertiary alicyclic amines) is 1. The van der Waals surface area contributed by atoms with E-state index in [0.717, 1.165) is 23.9 Å². The maximum Gasteiger partial charge on any atom is 0.407 e. The molecule has 1 aromatic carbocycles. The van der Waals surface area contributed by atoms with E-state index in [9.17, 15) is 14.4 Å². The molecule has 1 fully saturated rings. The average Bonchev–Trinajstić information content (AvgIpc) is 3.31. The van der Waals surface area contributed by atoms with Crippen molar-refractivity contribution in [3.63, 3.8) is 0 Å². The van der Waals surface area contributed by atoms with Crippen LogP contribution in [0.1, 0.15) is 35.8 Å². The van der Waals surface area contributed by atoms with Crippen molar-refractivity contribution in [2.75, 3.05) is 20.2 Å². The van der Waals surface area contributed by atoms with Crippen molar-refractivity contribution in [3.05, 3.63) is 29.5 Å². The Bertz CT molecular complexity index is 894. The summed E-state index contributed by atoms with van der Waals surface area (Å²) in [7, 11) is 1.25. The third-order valence-corrected chi connectivity index (χ3v) is 4.96. The molecular formula is C19H24N4O5. The van der Waals surface area contributed by atoms with Gasteiger partial charge in [0, 0.05) is 30.1 Å². The molecule has 0 unspecified atom stereocenters. The van der Waals surface area contributed by atoms with Gasteiger partial charge in [0.15, 0.2) is 5.58 Å². The van der Waals surface area contributed by atoms with Gasteiger partial charge in [0.25, 0.3) is 5.91 Å². The summed E-state index contributed by atoms with van der Waals surface area (Å²) in [4.78, 5) is 38.1. The molecule has 0 aliphatic carbocycles. The Morgan fingerprint density at radius 3 is 2.93 bits per heavy atom. The van der Waals surface area contributed by atoms with Crippen LogP contribution in [-0.4, -0.2) is 60.2 Å². The fourth-order valence-corrected chi connectivity index (χ4v) is 3.40. The molecule has 1 aromatic heterocycles. The minimum atomic E-state index is -0.694. The lowest BCUT2D eigenvalue weighted by molar-refractivity contribution is -0.133. The second-order valence-electron chi connectivity index (χ2n) is 6.87. The first-order chi connectivity index (χ1) is 13.4. The lowest BCUT2D eigenvalue weighted by Gasteiger charge is -2.27. The van der Waals surface area contributed by atoms with E-state index in [1.165, 1.54) is 7.11 Å². The molecule has 2 atom stereocenters. The lowest BCUT2D eigenvalue weighted by Crippen LogP contribution is -2.51. The highest BCUT2D eigenvalue weighted by molar-refractivity contribution is 5.97. The zero-order valence-corrected chi connectivity index (χ0v) is 16.2. The number of aromatic nitrogens is 1. The molecular weight excluding hydrogens is 364 g/mol. The van der Waals surface area contributed by atoms with Crippen molar-refractivity contribution in [1.29, 1.82) is 0 Å². The first kappa shape index (κ1) is 19.7. The van der Waals surface area contributed by atoms with Crippen molar-refractivity contribution in [2.24, 2.45) is 0 Å². The van der Waals surface area contributed by atoms with Gasteiger partial charge < -0.3 is 24.8 Å². The van der Waals surface area contributed by atoms with Gasteiger partial charge >= 0.3 is 6.09 Å². The van der Waals surface area contributed by atoms with Gasteiger partial charge in [-0.3, -0.25) is 9.59 Å². The number of rotatable bonds is 5. The Morgan fingerprint density at radius 2 is 2.18 bits per heavy atom. The zero-order chi connectivity index (χ0) is 20.3. The zero-order valence-electron chi connectivity index (χ0n) is 16.2. The van der Waals surface area contributed by atoms with Gasteiger partial charge in [0.2, 0.25) is 5.91 Å². The molecule has 28 heavy (non-hydrogen) atoms. The van der Waals surface area contributed by atoms with Crippen LogP contribution in [0.3, 0.4) is 0 Å². The van der Waals surface area contributed by atoms with E-state index in [-0.39, 0.29) is 17.9 Å². The van der Waals surface area contributed by atoms with Crippen molar-refractivity contribution in [3.8, 4) is 0 Å². The average molecular weight is 388 g/mol. The van der Waals surface area contributed by atoms with Crippen molar-refractivity contribution >= 4 is 28.9 Å². The fourth-order valence-electron chi connectivity index (χ4n) is 3.40. The maximum atomic E-state index is 12.6. The smallest absolute Gasteiger partial charge is 0.407 e. The molecule has 1 saturated heterocycles. The van der Waals surface area contributed by atoms with Crippen molar-refractivity contribution in [1.82, 2.24) is 20.7 Å². The highest BCUT2D eigenvalue weighted by Gasteiger charge is 2.32. The predicted octanol–water partition coefficient (Wildman–Crippen LogP) is 1.60. The maximum absolute atomic E-state index is 12.6. The van der Waals surface area contributed by atoms with Gasteiger partial charge in [-0.05, 0) is 44.9 Å². The lowest BCUT2D eigenvalue weighted by atomic mass is 10.1. The molecule has 1 aliphatic heterocycles. The number of carbonyl (C=O) groups excluding carboxylic acids is 3. The van der Waals surface area contributed by atoms with Crippen LogP contribution in [0.2, 0.25) is 0 Å². The number of aryl methyl sites for hydroxylation is 1. The number of carbonyl (C=O) groups is 3. The third-order valence-electron chi connectivity index (χ3n) is 4.96. The quantitative estimate of drug-likeness (QED) is 0.804. The molecule has 3 rings (SSSR count). The number of ether oxygens (including phenoxy) is 1. The Kier molecular flexibility index (Phi) is 5.81. The largest absolute Gasteiger partial charge is 0.453 e. The molecule has 0 bridgehead atoms. The molecule has 2 N–H and O–H groups in total. The van der Waals surface area contributed by atoms with Gasteiger partial charge in [0.05, 0.1) is 12.8 Å². The number of hydrogen-bond acceptors (Lipinski definition) is 6. The number of methoxy groups -OCH3 is 1. The Morgan fingerprint density at radius 1 is 1.39 bits per heavy atom. The Balaban J connectivity index is 1.59. The predicted molar refractivity (Wildman–Crippen MR) is 101 cm³/mol. The summed E-state index contributed by atoms with van der Waals surface area (Å²) < 4.78 is 9.74. The van der Waals surface area contributed by atoms with Crippen LogP contribution >= 0.6 is 0 Å². The number of nitrogens with zero attached hydrogens (tertiary/aromatic N) is 2. The SMILES string of the molecule is COC(=O)N[C@@H](C)C(=O)N1CCC[C@H]1CNC(=O)c1ccc2c(C)noc2c1.